The highest BCUT2D eigenvalue weighted by Crippen LogP contribution is 2.32. The Bertz CT molecular complexity index is 1370. The van der Waals surface area contributed by atoms with Gasteiger partial charge in [-0.15, -0.1) is 24.6 Å². The molecule has 10 heteroatoms. The number of aromatic nitrogens is 1. The molecule has 7 nitrogen and oxygen atoms in total. The normalized spacial score (nSPS) is 18.1. The van der Waals surface area contributed by atoms with Crippen LogP contribution >= 0.6 is 11.8 Å². The van der Waals surface area contributed by atoms with Gasteiger partial charge in [-0.3, -0.25) is 14.3 Å². The van der Waals surface area contributed by atoms with Gasteiger partial charge in [-0.25, -0.2) is 8.78 Å². The van der Waals surface area contributed by atoms with E-state index in [1.54, 1.807) is 40.5 Å². The van der Waals surface area contributed by atoms with Crippen molar-refractivity contribution in [3.63, 3.8) is 0 Å². The Morgan fingerprint density at radius 1 is 1.25 bits per heavy atom. The molecule has 0 unspecified atom stereocenters. The number of ether oxygens (including phenoxy) is 2. The zero-order valence-corrected chi connectivity index (χ0v) is 23.4. The van der Waals surface area contributed by atoms with Gasteiger partial charge >= 0.3 is 0 Å². The second-order valence-electron chi connectivity index (χ2n) is 8.79. The van der Waals surface area contributed by atoms with E-state index < -0.39 is 11.7 Å². The van der Waals surface area contributed by atoms with E-state index in [4.69, 9.17) is 9.47 Å². The Hall–Kier alpha value is -3.81. The van der Waals surface area contributed by atoms with Crippen LogP contribution in [0.1, 0.15) is 36.3 Å². The Labute approximate surface area is 237 Å². The number of benzene rings is 1. The molecule has 0 aliphatic carbocycles. The molecule has 1 atom stereocenters. The molecule has 0 radical (unpaired) electrons. The van der Waals surface area contributed by atoms with Gasteiger partial charge in [0.25, 0.3) is 5.91 Å². The summed E-state index contributed by atoms with van der Waals surface area (Å²) in [6.45, 7) is 5.47. The Kier molecular flexibility index (Phi) is 11.6. The SMILES string of the molecule is C#C.C/C=C\C(F)=C(\F)C1=CCc2ccccc2SC1.CCCOc1c2n(ccc1=O)N[C@@H]1COCCN1C2=O. The Morgan fingerprint density at radius 2 is 2.02 bits per heavy atom. The minimum absolute atomic E-state index is 0.122. The number of amides is 1. The molecule has 2 aromatic rings. The van der Waals surface area contributed by atoms with Crippen LogP contribution in [0.2, 0.25) is 0 Å². The van der Waals surface area contributed by atoms with Crippen LogP contribution in [0.15, 0.2) is 81.7 Å². The van der Waals surface area contributed by atoms with E-state index in [1.165, 1.54) is 12.1 Å². The van der Waals surface area contributed by atoms with E-state index >= 15 is 0 Å². The maximum absolute atomic E-state index is 13.8. The minimum Gasteiger partial charge on any atom is -0.487 e. The quantitative estimate of drug-likeness (QED) is 0.393. The molecular formula is C30H33F2N3O4S. The van der Waals surface area contributed by atoms with Crippen molar-refractivity contribution in [1.82, 2.24) is 9.58 Å². The summed E-state index contributed by atoms with van der Waals surface area (Å²) in [5.74, 6) is -1.14. The number of rotatable bonds is 5. The number of fused-ring (bicyclic) bond motifs is 3. The smallest absolute Gasteiger partial charge is 0.278 e. The average molecular weight is 570 g/mol. The van der Waals surface area contributed by atoms with Crippen molar-refractivity contribution in [2.45, 2.75) is 37.8 Å². The van der Waals surface area contributed by atoms with Crippen molar-refractivity contribution in [2.75, 3.05) is 37.5 Å². The van der Waals surface area contributed by atoms with Crippen LogP contribution in [0.5, 0.6) is 5.75 Å². The van der Waals surface area contributed by atoms with E-state index in [9.17, 15) is 18.4 Å². The molecule has 0 bridgehead atoms. The number of thioether (sulfide) groups is 1. The van der Waals surface area contributed by atoms with Gasteiger partial charge in [-0.05, 0) is 43.0 Å². The van der Waals surface area contributed by atoms with Crippen molar-refractivity contribution >= 4 is 17.7 Å². The highest BCUT2D eigenvalue weighted by Gasteiger charge is 2.36. The largest absolute Gasteiger partial charge is 0.487 e. The van der Waals surface area contributed by atoms with Crippen molar-refractivity contribution in [2.24, 2.45) is 0 Å². The van der Waals surface area contributed by atoms with E-state index in [0.29, 0.717) is 44.1 Å². The van der Waals surface area contributed by atoms with Crippen molar-refractivity contribution in [3.8, 4) is 18.6 Å². The van der Waals surface area contributed by atoms with Gasteiger partial charge in [0, 0.05) is 29.5 Å². The first-order valence-corrected chi connectivity index (χ1v) is 13.9. The van der Waals surface area contributed by atoms with Crippen molar-refractivity contribution < 1.29 is 23.0 Å². The first kappa shape index (κ1) is 30.7. The lowest BCUT2D eigenvalue weighted by atomic mass is 10.1. The van der Waals surface area contributed by atoms with Crippen LogP contribution in [0.25, 0.3) is 0 Å². The summed E-state index contributed by atoms with van der Waals surface area (Å²) < 4.78 is 39.7. The minimum atomic E-state index is -0.796. The summed E-state index contributed by atoms with van der Waals surface area (Å²) in [6.07, 6.45) is 15.2. The number of terminal acetylenes is 1. The first-order chi connectivity index (χ1) is 19.4. The van der Waals surface area contributed by atoms with Crippen LogP contribution in [-0.2, 0) is 11.2 Å². The number of carbonyl (C=O) groups excluding carboxylic acids is 1. The lowest BCUT2D eigenvalue weighted by molar-refractivity contribution is -0.00323. The second-order valence-corrected chi connectivity index (χ2v) is 9.80. The fourth-order valence-corrected chi connectivity index (χ4v) is 5.27. The monoisotopic (exact) mass is 569 g/mol. The summed E-state index contributed by atoms with van der Waals surface area (Å²) in [5.41, 5.74) is 4.75. The molecule has 1 N–H and O–H groups in total. The van der Waals surface area contributed by atoms with Gasteiger partial charge in [-0.1, -0.05) is 37.3 Å². The summed E-state index contributed by atoms with van der Waals surface area (Å²) in [5, 5.41) is 0. The predicted molar refractivity (Wildman–Crippen MR) is 154 cm³/mol. The number of hydrogen-bond acceptors (Lipinski definition) is 6. The summed E-state index contributed by atoms with van der Waals surface area (Å²) in [7, 11) is 0. The van der Waals surface area contributed by atoms with Gasteiger partial charge in [0.15, 0.2) is 23.1 Å². The van der Waals surface area contributed by atoms with Gasteiger partial charge in [0.2, 0.25) is 5.43 Å². The lowest BCUT2D eigenvalue weighted by Crippen LogP contribution is -2.59. The van der Waals surface area contributed by atoms with E-state index in [0.717, 1.165) is 23.0 Å². The number of carbonyl (C=O) groups is 1. The lowest BCUT2D eigenvalue weighted by Gasteiger charge is -2.41. The maximum Gasteiger partial charge on any atom is 0.278 e. The highest BCUT2D eigenvalue weighted by molar-refractivity contribution is 7.99. The zero-order valence-electron chi connectivity index (χ0n) is 22.6. The number of pyridine rings is 1. The first-order valence-electron chi connectivity index (χ1n) is 12.9. The molecule has 212 valence electrons. The molecule has 0 spiro atoms. The van der Waals surface area contributed by atoms with Crippen LogP contribution in [0.3, 0.4) is 0 Å². The number of hydrogen-bond donors (Lipinski definition) is 1. The van der Waals surface area contributed by atoms with Gasteiger partial charge < -0.3 is 19.8 Å². The number of nitrogens with one attached hydrogen (secondary N) is 1. The maximum atomic E-state index is 13.8. The molecule has 4 heterocycles. The standard InChI is InChI=1S/C15H14F2S.C13H17N3O4.C2H2/c1-2-5-13(16)15(17)12-9-8-11-6-3-4-7-14(11)18-10-12;1-2-6-20-12-9(17)3-4-16-11(12)13(18)15-5-7-19-8-10(15)14-16;1-2/h2-7,9H,8,10H2,1H3;3-4,10,14H,2,5-8H2,1H3;1-2H/b5-2-,15-13-;;/t;10-;/m.0./s1. The predicted octanol–water partition coefficient (Wildman–Crippen LogP) is 5.23. The molecule has 1 aromatic heterocycles. The molecular weight excluding hydrogens is 536 g/mol. The fraction of sp³-hybridized carbons (Fsp3) is 0.333. The molecule has 3 aliphatic heterocycles. The third kappa shape index (κ3) is 7.23. The average Bonchev–Trinajstić information content (AvgIpc) is 3.21. The summed E-state index contributed by atoms with van der Waals surface area (Å²) in [6, 6.07) is 9.36. The number of halogens is 2. The molecule has 0 saturated carbocycles. The van der Waals surface area contributed by atoms with Crippen LogP contribution in [-0.4, -0.2) is 53.8 Å². The van der Waals surface area contributed by atoms with Gasteiger partial charge in [-0.2, -0.15) is 0 Å². The summed E-state index contributed by atoms with van der Waals surface area (Å²) in [4.78, 5) is 27.3. The van der Waals surface area contributed by atoms with Crippen LogP contribution in [0, 0.1) is 12.8 Å². The zero-order chi connectivity index (χ0) is 29.1. The van der Waals surface area contributed by atoms with Crippen LogP contribution in [0.4, 0.5) is 8.78 Å². The number of morpholine rings is 1. The van der Waals surface area contributed by atoms with E-state index in [-0.39, 0.29) is 28.9 Å². The third-order valence-electron chi connectivity index (χ3n) is 6.11. The molecule has 1 amide bonds. The molecule has 5 rings (SSSR count). The topological polar surface area (TPSA) is 72.8 Å². The Morgan fingerprint density at radius 3 is 2.77 bits per heavy atom. The molecule has 40 heavy (non-hydrogen) atoms. The summed E-state index contributed by atoms with van der Waals surface area (Å²) >= 11 is 1.55. The fourth-order valence-electron chi connectivity index (χ4n) is 4.21. The van der Waals surface area contributed by atoms with Crippen LogP contribution < -0.4 is 15.6 Å². The second kappa shape index (κ2) is 15.1. The van der Waals surface area contributed by atoms with Gasteiger partial charge in [0.1, 0.15) is 6.17 Å². The highest BCUT2D eigenvalue weighted by atomic mass is 32.2. The molecule has 1 saturated heterocycles. The number of allylic oxidation sites excluding steroid dienone is 5. The molecule has 3 aliphatic rings. The van der Waals surface area contributed by atoms with Gasteiger partial charge in [0.05, 0.1) is 19.8 Å². The van der Waals surface area contributed by atoms with Crippen molar-refractivity contribution in [3.05, 3.63) is 93.5 Å². The van der Waals surface area contributed by atoms with E-state index in [1.807, 2.05) is 31.2 Å². The third-order valence-corrected chi connectivity index (χ3v) is 7.28. The molecule has 1 fully saturated rings. The van der Waals surface area contributed by atoms with E-state index in [2.05, 4.69) is 18.3 Å². The number of nitrogens with zero attached hydrogens (tertiary/aromatic N) is 2. The Balaban J connectivity index is 0.000000209. The van der Waals surface area contributed by atoms with Crippen molar-refractivity contribution in [1.29, 1.82) is 0 Å². The molecule has 1 aromatic carbocycles.